The van der Waals surface area contributed by atoms with E-state index in [1.807, 2.05) is 6.07 Å². The summed E-state index contributed by atoms with van der Waals surface area (Å²) in [5.41, 5.74) is 6.77. The highest BCUT2D eigenvalue weighted by Crippen LogP contribution is 2.37. The molecule has 0 unspecified atom stereocenters. The van der Waals surface area contributed by atoms with Gasteiger partial charge in [0.25, 0.3) is 0 Å². The van der Waals surface area contributed by atoms with Crippen LogP contribution >= 0.6 is 0 Å². The van der Waals surface area contributed by atoms with Gasteiger partial charge in [-0.15, -0.1) is 0 Å². The van der Waals surface area contributed by atoms with Crippen LogP contribution < -0.4 is 14.5 Å². The monoisotopic (exact) mass is 475 g/mol. The molecule has 3 heterocycles. The molecule has 3 aromatic carbocycles. The average Bonchev–Trinajstić information content (AvgIpc) is 3.34. The van der Waals surface area contributed by atoms with Gasteiger partial charge in [-0.2, -0.15) is 0 Å². The van der Waals surface area contributed by atoms with Crippen LogP contribution in [0.2, 0.25) is 0 Å². The highest BCUT2D eigenvalue weighted by Gasteiger charge is 2.24. The van der Waals surface area contributed by atoms with Gasteiger partial charge in [0.05, 0.1) is 12.5 Å². The van der Waals surface area contributed by atoms with Gasteiger partial charge in [0.2, 0.25) is 0 Å². The number of benzene rings is 3. The third kappa shape index (κ3) is 4.05. The zero-order valence-corrected chi connectivity index (χ0v) is 20.6. The average molecular weight is 476 g/mol. The van der Waals surface area contributed by atoms with E-state index in [-0.39, 0.29) is 0 Å². The molecular formula is C30H29N5O. The van der Waals surface area contributed by atoms with Crippen LogP contribution in [-0.4, -0.2) is 47.8 Å². The summed E-state index contributed by atoms with van der Waals surface area (Å²) in [7, 11) is 1.71. The predicted octanol–water partition coefficient (Wildman–Crippen LogP) is 5.73. The van der Waals surface area contributed by atoms with Crippen LogP contribution in [0.4, 0.5) is 11.5 Å². The number of rotatable bonds is 5. The molecule has 0 radical (unpaired) electrons. The number of anilines is 2. The Hall–Kier alpha value is -4.32. The largest absolute Gasteiger partial charge is 0.497 e. The third-order valence-electron chi connectivity index (χ3n) is 6.93. The number of piperazine rings is 1. The first kappa shape index (κ1) is 22.2. The molecule has 6 rings (SSSR count). The lowest BCUT2D eigenvalue weighted by Crippen LogP contribution is -2.46. The first-order chi connectivity index (χ1) is 17.7. The van der Waals surface area contributed by atoms with Gasteiger partial charge in [0.15, 0.2) is 5.65 Å². The minimum Gasteiger partial charge on any atom is -0.497 e. The summed E-state index contributed by atoms with van der Waals surface area (Å²) in [6.07, 6.45) is 3.91. The van der Waals surface area contributed by atoms with Crippen LogP contribution in [0.25, 0.3) is 27.8 Å². The van der Waals surface area contributed by atoms with Crippen LogP contribution in [0.3, 0.4) is 0 Å². The SMILES string of the molecule is COc1cccc(N2CCN(c3ncnc4c3c(-c3ccccc3)cn4-c3cccc(C)c3)CC2)c1. The van der Waals surface area contributed by atoms with Gasteiger partial charge < -0.3 is 19.1 Å². The van der Waals surface area contributed by atoms with Gasteiger partial charge in [0, 0.05) is 55.4 Å². The number of hydrogen-bond donors (Lipinski definition) is 0. The molecule has 1 saturated heterocycles. The molecule has 6 heteroatoms. The summed E-state index contributed by atoms with van der Waals surface area (Å²) in [5, 5.41) is 1.10. The maximum absolute atomic E-state index is 5.43. The second kappa shape index (κ2) is 9.38. The first-order valence-electron chi connectivity index (χ1n) is 12.3. The van der Waals surface area contributed by atoms with E-state index in [1.165, 1.54) is 16.8 Å². The second-order valence-corrected chi connectivity index (χ2v) is 9.19. The van der Waals surface area contributed by atoms with Crippen molar-refractivity contribution in [3.05, 3.63) is 97.0 Å². The molecule has 0 saturated carbocycles. The van der Waals surface area contributed by atoms with Gasteiger partial charge in [-0.25, -0.2) is 9.97 Å². The van der Waals surface area contributed by atoms with Gasteiger partial charge in [-0.3, -0.25) is 0 Å². The lowest BCUT2D eigenvalue weighted by Gasteiger charge is -2.37. The molecule has 0 atom stereocenters. The summed E-state index contributed by atoms with van der Waals surface area (Å²) < 4.78 is 7.63. The Morgan fingerprint density at radius 2 is 1.50 bits per heavy atom. The number of hydrogen-bond acceptors (Lipinski definition) is 5. The summed E-state index contributed by atoms with van der Waals surface area (Å²) >= 11 is 0. The molecule has 0 N–H and O–H groups in total. The predicted molar refractivity (Wildman–Crippen MR) is 146 cm³/mol. The standard InChI is InChI=1S/C30H29N5O/c1-22-8-6-12-25(18-22)35-20-27(23-9-4-3-5-10-23)28-29(31-21-32-30(28)35)34-16-14-33(15-17-34)24-11-7-13-26(19-24)36-2/h3-13,18-21H,14-17H2,1-2H3. The van der Waals surface area contributed by atoms with E-state index in [0.717, 1.165) is 60.0 Å². The van der Waals surface area contributed by atoms with Crippen molar-refractivity contribution >= 4 is 22.5 Å². The van der Waals surface area contributed by atoms with E-state index in [2.05, 4.69) is 100 Å². The Bertz CT molecular complexity index is 1500. The Balaban J connectivity index is 1.40. The van der Waals surface area contributed by atoms with E-state index in [0.29, 0.717) is 0 Å². The van der Waals surface area contributed by atoms with Crippen LogP contribution in [0, 0.1) is 6.92 Å². The number of ether oxygens (including phenoxy) is 1. The molecule has 5 aromatic rings. The minimum atomic E-state index is 0.882. The van der Waals surface area contributed by atoms with Crippen molar-refractivity contribution in [2.45, 2.75) is 6.92 Å². The zero-order valence-electron chi connectivity index (χ0n) is 20.6. The topological polar surface area (TPSA) is 46.4 Å². The number of aryl methyl sites for hydroxylation is 1. The van der Waals surface area contributed by atoms with Gasteiger partial charge in [0.1, 0.15) is 17.9 Å². The van der Waals surface area contributed by atoms with Gasteiger partial charge in [-0.1, -0.05) is 48.5 Å². The maximum atomic E-state index is 5.43. The number of aromatic nitrogens is 3. The normalized spacial score (nSPS) is 13.8. The van der Waals surface area contributed by atoms with Crippen LogP contribution in [0.5, 0.6) is 5.75 Å². The molecule has 6 nitrogen and oxygen atoms in total. The Morgan fingerprint density at radius 1 is 0.750 bits per heavy atom. The quantitative estimate of drug-likeness (QED) is 0.325. The fraction of sp³-hybridized carbons (Fsp3) is 0.200. The Morgan fingerprint density at radius 3 is 2.28 bits per heavy atom. The smallest absolute Gasteiger partial charge is 0.150 e. The summed E-state index contributed by atoms with van der Waals surface area (Å²) in [4.78, 5) is 14.4. The van der Waals surface area contributed by atoms with Crippen molar-refractivity contribution in [2.24, 2.45) is 0 Å². The fourth-order valence-corrected chi connectivity index (χ4v) is 5.08. The first-order valence-corrected chi connectivity index (χ1v) is 12.3. The number of fused-ring (bicyclic) bond motifs is 1. The van der Waals surface area contributed by atoms with Gasteiger partial charge >= 0.3 is 0 Å². The van der Waals surface area contributed by atoms with Crippen LogP contribution in [0.15, 0.2) is 91.4 Å². The van der Waals surface area contributed by atoms with Crippen LogP contribution in [-0.2, 0) is 0 Å². The van der Waals surface area contributed by atoms with Crippen molar-refractivity contribution in [3.63, 3.8) is 0 Å². The van der Waals surface area contributed by atoms with E-state index in [1.54, 1.807) is 13.4 Å². The molecule has 2 aromatic heterocycles. The highest BCUT2D eigenvalue weighted by molar-refractivity contribution is 6.02. The molecule has 1 aliphatic heterocycles. The summed E-state index contributed by atoms with van der Waals surface area (Å²) in [5.74, 6) is 1.88. The summed E-state index contributed by atoms with van der Waals surface area (Å²) in [6, 6.07) is 27.4. The molecule has 36 heavy (non-hydrogen) atoms. The van der Waals surface area contributed by atoms with E-state index in [9.17, 15) is 0 Å². The second-order valence-electron chi connectivity index (χ2n) is 9.19. The Kier molecular flexibility index (Phi) is 5.77. The number of methoxy groups -OCH3 is 1. The zero-order chi connectivity index (χ0) is 24.5. The molecular weight excluding hydrogens is 446 g/mol. The minimum absolute atomic E-state index is 0.882. The molecule has 180 valence electrons. The third-order valence-corrected chi connectivity index (χ3v) is 6.93. The van der Waals surface area contributed by atoms with Crippen molar-refractivity contribution < 1.29 is 4.74 Å². The molecule has 0 spiro atoms. The molecule has 0 bridgehead atoms. The van der Waals surface area contributed by atoms with Crippen molar-refractivity contribution in [2.75, 3.05) is 43.1 Å². The molecule has 1 aliphatic rings. The van der Waals surface area contributed by atoms with E-state index >= 15 is 0 Å². The van der Waals surface area contributed by atoms with Crippen molar-refractivity contribution in [3.8, 4) is 22.6 Å². The van der Waals surface area contributed by atoms with Crippen LogP contribution in [0.1, 0.15) is 5.56 Å². The highest BCUT2D eigenvalue weighted by atomic mass is 16.5. The maximum Gasteiger partial charge on any atom is 0.150 e. The van der Waals surface area contributed by atoms with E-state index < -0.39 is 0 Å². The van der Waals surface area contributed by atoms with Gasteiger partial charge in [-0.05, 0) is 42.3 Å². The van der Waals surface area contributed by atoms with Crippen molar-refractivity contribution in [1.29, 1.82) is 0 Å². The molecule has 1 fully saturated rings. The lowest BCUT2D eigenvalue weighted by atomic mass is 10.1. The fourth-order valence-electron chi connectivity index (χ4n) is 5.08. The van der Waals surface area contributed by atoms with E-state index in [4.69, 9.17) is 14.7 Å². The summed E-state index contributed by atoms with van der Waals surface area (Å²) in [6.45, 7) is 5.71. The number of nitrogens with zero attached hydrogens (tertiary/aromatic N) is 5. The molecule has 0 aliphatic carbocycles. The van der Waals surface area contributed by atoms with Crippen molar-refractivity contribution in [1.82, 2.24) is 14.5 Å². The molecule has 0 amide bonds. The Labute approximate surface area is 211 Å². The lowest BCUT2D eigenvalue weighted by molar-refractivity contribution is 0.414.